The molecule has 0 unspecified atom stereocenters. The third-order valence-corrected chi connectivity index (χ3v) is 3.28. The zero-order valence-corrected chi connectivity index (χ0v) is 11.9. The molecule has 3 nitrogen and oxygen atoms in total. The van der Waals surface area contributed by atoms with Crippen LogP contribution in [0.1, 0.15) is 23.7 Å². The van der Waals surface area contributed by atoms with E-state index in [9.17, 15) is 0 Å². The normalized spacial score (nSPS) is 12.8. The molecule has 0 bridgehead atoms. The van der Waals surface area contributed by atoms with E-state index >= 15 is 0 Å². The van der Waals surface area contributed by atoms with Crippen molar-refractivity contribution in [2.45, 2.75) is 20.4 Å². The summed E-state index contributed by atoms with van der Waals surface area (Å²) < 4.78 is 0. The molecule has 2 rings (SSSR count). The van der Waals surface area contributed by atoms with Crippen molar-refractivity contribution in [2.24, 2.45) is 5.73 Å². The van der Waals surface area contributed by atoms with Crippen LogP contribution in [-0.2, 0) is 6.54 Å². The van der Waals surface area contributed by atoms with Gasteiger partial charge in [-0.2, -0.15) is 0 Å². The van der Waals surface area contributed by atoms with Gasteiger partial charge in [-0.3, -0.25) is 0 Å². The molecule has 2 N–H and O–H groups in total. The van der Waals surface area contributed by atoms with Gasteiger partial charge in [0.25, 0.3) is 0 Å². The van der Waals surface area contributed by atoms with Crippen molar-refractivity contribution in [3.63, 3.8) is 0 Å². The van der Waals surface area contributed by atoms with Gasteiger partial charge in [0.1, 0.15) is 6.33 Å². The maximum atomic E-state index is 5.67. The third kappa shape index (κ3) is 3.19. The first-order chi connectivity index (χ1) is 9.61. The van der Waals surface area contributed by atoms with E-state index < -0.39 is 0 Å². The summed E-state index contributed by atoms with van der Waals surface area (Å²) in [4.78, 5) is 8.31. The fraction of sp³-hybridized carbons (Fsp3) is 0.176. The van der Waals surface area contributed by atoms with E-state index in [2.05, 4.69) is 41.7 Å². The predicted octanol–water partition coefficient (Wildman–Crippen LogP) is 1.54. The average molecular weight is 265 g/mol. The standard InChI is InChI=1S/C17H19N3/c1-12(16-6-4-5-15(9-16)10-18)7-8-17-13(2)19-11-20-14(17)3/h4-9,11H,2,10,18H2,1,3H3/b12-7+,17-8+. The monoisotopic (exact) mass is 265 g/mol. The Morgan fingerprint density at radius 3 is 2.85 bits per heavy atom. The molecule has 20 heavy (non-hydrogen) atoms. The van der Waals surface area contributed by atoms with E-state index in [1.54, 1.807) is 0 Å². The topological polar surface area (TPSA) is 51.8 Å². The van der Waals surface area contributed by atoms with E-state index in [-0.39, 0.29) is 0 Å². The van der Waals surface area contributed by atoms with Crippen molar-refractivity contribution < 1.29 is 0 Å². The Bertz CT molecular complexity index is 745. The molecule has 0 spiro atoms. The summed E-state index contributed by atoms with van der Waals surface area (Å²) in [6.07, 6.45) is 5.62. The first-order valence-corrected chi connectivity index (χ1v) is 6.56. The largest absolute Gasteiger partial charge is 0.326 e. The number of hydrogen-bond donors (Lipinski definition) is 1. The molecule has 0 amide bonds. The van der Waals surface area contributed by atoms with Gasteiger partial charge < -0.3 is 5.73 Å². The Morgan fingerprint density at radius 1 is 1.35 bits per heavy atom. The third-order valence-electron chi connectivity index (χ3n) is 3.28. The highest BCUT2D eigenvalue weighted by Gasteiger charge is 1.96. The van der Waals surface area contributed by atoms with Gasteiger partial charge in [0.15, 0.2) is 0 Å². The van der Waals surface area contributed by atoms with Gasteiger partial charge in [-0.05, 0) is 30.5 Å². The van der Waals surface area contributed by atoms with Crippen molar-refractivity contribution in [1.82, 2.24) is 9.97 Å². The number of benzene rings is 1. The van der Waals surface area contributed by atoms with E-state index in [1.807, 2.05) is 25.1 Å². The van der Waals surface area contributed by atoms with Crippen molar-refractivity contribution >= 4 is 18.2 Å². The Labute approximate surface area is 119 Å². The lowest BCUT2D eigenvalue weighted by Crippen LogP contribution is -2.29. The Balaban J connectivity index is 2.43. The molecule has 0 radical (unpaired) electrons. The zero-order valence-electron chi connectivity index (χ0n) is 11.9. The molecule has 0 aliphatic carbocycles. The van der Waals surface area contributed by atoms with Crippen molar-refractivity contribution in [1.29, 1.82) is 0 Å². The van der Waals surface area contributed by atoms with Crippen LogP contribution >= 0.6 is 0 Å². The predicted molar refractivity (Wildman–Crippen MR) is 84.0 cm³/mol. The summed E-state index contributed by atoms with van der Waals surface area (Å²) in [5, 5.41) is 1.72. The summed E-state index contributed by atoms with van der Waals surface area (Å²) in [6, 6.07) is 8.25. The molecule has 2 aromatic rings. The number of aryl methyl sites for hydroxylation is 1. The number of nitrogens with zero attached hydrogens (tertiary/aromatic N) is 2. The first kappa shape index (κ1) is 14.2. The highest BCUT2D eigenvalue weighted by atomic mass is 14.8. The highest BCUT2D eigenvalue weighted by Crippen LogP contribution is 2.15. The fourth-order valence-corrected chi connectivity index (χ4v) is 2.00. The molecular weight excluding hydrogens is 246 g/mol. The van der Waals surface area contributed by atoms with Gasteiger partial charge in [0, 0.05) is 17.5 Å². The first-order valence-electron chi connectivity index (χ1n) is 6.56. The fourth-order valence-electron chi connectivity index (χ4n) is 2.00. The number of aromatic nitrogens is 2. The maximum absolute atomic E-state index is 5.67. The van der Waals surface area contributed by atoms with Crippen LogP contribution in [0.15, 0.2) is 36.7 Å². The quantitative estimate of drug-likeness (QED) is 0.916. The molecule has 3 heteroatoms. The molecular formula is C17H19N3. The summed E-state index contributed by atoms with van der Waals surface area (Å²) in [7, 11) is 0. The minimum Gasteiger partial charge on any atom is -0.326 e. The van der Waals surface area contributed by atoms with E-state index in [0.717, 1.165) is 21.8 Å². The summed E-state index contributed by atoms with van der Waals surface area (Å²) >= 11 is 0. The van der Waals surface area contributed by atoms with E-state index in [4.69, 9.17) is 5.73 Å². The summed E-state index contributed by atoms with van der Waals surface area (Å²) in [5.74, 6) is 0. The molecule has 102 valence electrons. The summed E-state index contributed by atoms with van der Waals surface area (Å²) in [6.45, 7) is 8.52. The van der Waals surface area contributed by atoms with Gasteiger partial charge in [-0.25, -0.2) is 9.97 Å². The van der Waals surface area contributed by atoms with Crippen molar-refractivity contribution in [3.05, 3.63) is 64.1 Å². The van der Waals surface area contributed by atoms with Gasteiger partial charge in [0.2, 0.25) is 0 Å². The van der Waals surface area contributed by atoms with Gasteiger partial charge in [0.05, 0.1) is 5.35 Å². The minimum atomic E-state index is 0.555. The average Bonchev–Trinajstić information content (AvgIpc) is 2.46. The molecule has 0 saturated carbocycles. The molecule has 1 heterocycles. The SMILES string of the molecule is C=c1ncnc(C)/c1=C/C=C(\C)c1cccc(CN)c1. The lowest BCUT2D eigenvalue weighted by molar-refractivity contribution is 1.04. The molecule has 0 aliphatic heterocycles. The Morgan fingerprint density at radius 2 is 2.15 bits per heavy atom. The van der Waals surface area contributed by atoms with Gasteiger partial charge >= 0.3 is 0 Å². The van der Waals surface area contributed by atoms with Crippen LogP contribution in [0.4, 0.5) is 0 Å². The molecule has 0 atom stereocenters. The number of nitrogens with two attached hydrogens (primary N) is 1. The van der Waals surface area contributed by atoms with Crippen LogP contribution < -0.4 is 16.3 Å². The molecule has 1 aromatic carbocycles. The highest BCUT2D eigenvalue weighted by molar-refractivity contribution is 5.70. The number of rotatable bonds is 3. The Hall–Kier alpha value is -2.26. The molecule has 0 saturated heterocycles. The van der Waals surface area contributed by atoms with Gasteiger partial charge in [-0.15, -0.1) is 0 Å². The number of allylic oxidation sites excluding steroid dienone is 2. The second kappa shape index (κ2) is 6.26. The second-order valence-electron chi connectivity index (χ2n) is 4.74. The minimum absolute atomic E-state index is 0.555. The van der Waals surface area contributed by atoms with Gasteiger partial charge in [-0.1, -0.05) is 43.0 Å². The van der Waals surface area contributed by atoms with Crippen LogP contribution in [0.5, 0.6) is 0 Å². The Kier molecular flexibility index (Phi) is 4.43. The lowest BCUT2D eigenvalue weighted by Gasteiger charge is -2.03. The summed E-state index contributed by atoms with van der Waals surface area (Å²) in [5.41, 5.74) is 10.1. The van der Waals surface area contributed by atoms with E-state index in [0.29, 0.717) is 6.54 Å². The van der Waals surface area contributed by atoms with Crippen molar-refractivity contribution in [2.75, 3.05) is 0 Å². The zero-order chi connectivity index (χ0) is 14.5. The lowest BCUT2D eigenvalue weighted by atomic mass is 10.0. The molecule has 0 aliphatic rings. The van der Waals surface area contributed by atoms with Crippen LogP contribution in [0, 0.1) is 6.92 Å². The second-order valence-corrected chi connectivity index (χ2v) is 4.74. The van der Waals surface area contributed by atoms with Crippen LogP contribution in [0.25, 0.3) is 18.2 Å². The van der Waals surface area contributed by atoms with Crippen LogP contribution in [0.3, 0.4) is 0 Å². The van der Waals surface area contributed by atoms with E-state index in [1.165, 1.54) is 17.5 Å². The number of hydrogen-bond acceptors (Lipinski definition) is 3. The van der Waals surface area contributed by atoms with Crippen molar-refractivity contribution in [3.8, 4) is 0 Å². The molecule has 1 aromatic heterocycles. The van der Waals surface area contributed by atoms with Crippen LogP contribution in [-0.4, -0.2) is 9.97 Å². The van der Waals surface area contributed by atoms with Crippen LogP contribution in [0.2, 0.25) is 0 Å². The smallest absolute Gasteiger partial charge is 0.116 e. The maximum Gasteiger partial charge on any atom is 0.116 e. The molecule has 0 fully saturated rings.